The van der Waals surface area contributed by atoms with Crippen LogP contribution < -0.4 is 5.69 Å². The first-order valence-corrected chi connectivity index (χ1v) is 2.86. The summed E-state index contributed by atoms with van der Waals surface area (Å²) in [6.07, 6.45) is 0. The molecule has 0 unspecified atom stereocenters. The van der Waals surface area contributed by atoms with E-state index in [9.17, 15) is 10.0 Å². The predicted octanol–water partition coefficient (Wildman–Crippen LogP) is 0.206. The van der Waals surface area contributed by atoms with Gasteiger partial charge in [0.2, 0.25) is 0 Å². The minimum atomic E-state index is -0.738. The van der Waals surface area contributed by atoms with Crippen LogP contribution in [0.4, 0.5) is 0 Å². The minimum absolute atomic E-state index is 0.271. The zero-order valence-corrected chi connectivity index (χ0v) is 5.79. The largest absolute Gasteiger partial charge is 0.802 e. The van der Waals surface area contributed by atoms with Gasteiger partial charge < -0.3 is 9.94 Å². The van der Waals surface area contributed by atoms with Crippen LogP contribution in [-0.4, -0.2) is 9.71 Å². The van der Waals surface area contributed by atoms with Crippen molar-refractivity contribution in [3.05, 3.63) is 33.1 Å². The Morgan fingerprint density at radius 2 is 2.20 bits per heavy atom. The molecule has 0 spiro atoms. The topological polar surface area (TPSA) is 58.0 Å². The summed E-state index contributed by atoms with van der Waals surface area (Å²) in [5, 5.41) is 10.7. The van der Waals surface area contributed by atoms with Gasteiger partial charge in [0.15, 0.2) is 0 Å². The average Bonchev–Trinajstić information content (AvgIpc) is 1.82. The SMILES string of the molecule is Cc1cc(C)n([O-])c(=O)n1. The lowest BCUT2D eigenvalue weighted by Gasteiger charge is -2.11. The van der Waals surface area contributed by atoms with Crippen molar-refractivity contribution >= 4 is 0 Å². The van der Waals surface area contributed by atoms with E-state index in [0.29, 0.717) is 11.4 Å². The third kappa shape index (κ3) is 1.00. The van der Waals surface area contributed by atoms with E-state index >= 15 is 0 Å². The molecular weight excluding hydrogens is 132 g/mol. The Morgan fingerprint density at radius 1 is 1.60 bits per heavy atom. The van der Waals surface area contributed by atoms with Gasteiger partial charge >= 0.3 is 5.69 Å². The fourth-order valence-corrected chi connectivity index (χ4v) is 0.740. The summed E-state index contributed by atoms with van der Waals surface area (Å²) in [6.45, 7) is 3.25. The van der Waals surface area contributed by atoms with Crippen LogP contribution >= 0.6 is 0 Å². The summed E-state index contributed by atoms with van der Waals surface area (Å²) in [7, 11) is 0. The highest BCUT2D eigenvalue weighted by molar-refractivity contribution is 5.07. The van der Waals surface area contributed by atoms with E-state index in [1.54, 1.807) is 19.9 Å². The molecule has 4 heteroatoms. The zero-order chi connectivity index (χ0) is 7.72. The Balaban J connectivity index is 3.46. The van der Waals surface area contributed by atoms with Gasteiger partial charge in [-0.15, -0.1) is 0 Å². The lowest BCUT2D eigenvalue weighted by Crippen LogP contribution is -2.21. The average molecular weight is 139 g/mol. The molecule has 4 nitrogen and oxygen atoms in total. The van der Waals surface area contributed by atoms with Gasteiger partial charge in [-0.25, -0.2) is 4.79 Å². The van der Waals surface area contributed by atoms with Crippen LogP contribution in [0.5, 0.6) is 0 Å². The third-order valence-electron chi connectivity index (χ3n) is 1.18. The lowest BCUT2D eigenvalue weighted by molar-refractivity contribution is 0.860. The molecule has 0 radical (unpaired) electrons. The molecule has 54 valence electrons. The quantitative estimate of drug-likeness (QED) is 0.516. The Bertz CT molecular complexity index is 303. The smallest absolute Gasteiger partial charge is 0.343 e. The Morgan fingerprint density at radius 3 is 2.70 bits per heavy atom. The van der Waals surface area contributed by atoms with Crippen LogP contribution in [0, 0.1) is 19.1 Å². The van der Waals surface area contributed by atoms with E-state index in [1.807, 2.05) is 0 Å². The number of nitrogens with zero attached hydrogens (tertiary/aromatic N) is 2. The van der Waals surface area contributed by atoms with Gasteiger partial charge in [0.05, 0.1) is 0 Å². The Labute approximate surface area is 57.7 Å². The van der Waals surface area contributed by atoms with Gasteiger partial charge in [-0.05, 0) is 19.9 Å². The minimum Gasteiger partial charge on any atom is -0.802 e. The van der Waals surface area contributed by atoms with Crippen molar-refractivity contribution in [2.45, 2.75) is 13.8 Å². The van der Waals surface area contributed by atoms with Gasteiger partial charge in [-0.2, -0.15) is 4.98 Å². The third-order valence-corrected chi connectivity index (χ3v) is 1.18. The molecule has 0 saturated heterocycles. The van der Waals surface area contributed by atoms with E-state index in [-0.39, 0.29) is 4.73 Å². The normalized spacial score (nSPS) is 9.80. The van der Waals surface area contributed by atoms with E-state index < -0.39 is 5.69 Å². The summed E-state index contributed by atoms with van der Waals surface area (Å²) in [5.41, 5.74) is 0.226. The molecule has 0 bridgehead atoms. The summed E-state index contributed by atoms with van der Waals surface area (Å²) >= 11 is 0. The second-order valence-corrected chi connectivity index (χ2v) is 2.12. The maximum Gasteiger partial charge on any atom is 0.343 e. The molecule has 0 aliphatic heterocycles. The highest BCUT2D eigenvalue weighted by Gasteiger charge is 1.92. The van der Waals surface area contributed by atoms with Crippen molar-refractivity contribution < 1.29 is 0 Å². The summed E-state index contributed by atoms with van der Waals surface area (Å²) in [5.74, 6) is 0. The molecule has 0 aliphatic carbocycles. The van der Waals surface area contributed by atoms with Crippen molar-refractivity contribution in [1.82, 2.24) is 9.71 Å². The summed E-state index contributed by atoms with van der Waals surface area (Å²) in [6, 6.07) is 1.56. The van der Waals surface area contributed by atoms with Crippen LogP contribution in [0.3, 0.4) is 0 Å². The molecular formula is C6H7N2O2-. The van der Waals surface area contributed by atoms with Crippen molar-refractivity contribution in [2.24, 2.45) is 0 Å². The first-order chi connectivity index (χ1) is 4.61. The number of aryl methyl sites for hydroxylation is 2. The van der Waals surface area contributed by atoms with Crippen LogP contribution in [0.25, 0.3) is 0 Å². The van der Waals surface area contributed by atoms with Crippen LogP contribution in [-0.2, 0) is 0 Å². The standard InChI is InChI=1S/C6H7N2O2/c1-4-3-5(2)8(10)6(9)7-4/h3H,1-2H3/q-1. The zero-order valence-electron chi connectivity index (χ0n) is 5.79. The van der Waals surface area contributed by atoms with Crippen molar-refractivity contribution in [1.29, 1.82) is 0 Å². The van der Waals surface area contributed by atoms with Gasteiger partial charge in [-0.3, -0.25) is 0 Å². The van der Waals surface area contributed by atoms with Crippen molar-refractivity contribution in [2.75, 3.05) is 0 Å². The maximum absolute atomic E-state index is 10.7. The van der Waals surface area contributed by atoms with E-state index in [0.717, 1.165) is 0 Å². The molecule has 10 heavy (non-hydrogen) atoms. The molecule has 0 aromatic carbocycles. The molecule has 1 heterocycles. The first-order valence-electron chi connectivity index (χ1n) is 2.86. The van der Waals surface area contributed by atoms with E-state index in [2.05, 4.69) is 4.98 Å². The van der Waals surface area contributed by atoms with Crippen molar-refractivity contribution in [3.63, 3.8) is 0 Å². The van der Waals surface area contributed by atoms with Gasteiger partial charge in [0, 0.05) is 11.4 Å². The highest BCUT2D eigenvalue weighted by atomic mass is 16.5. The summed E-state index contributed by atoms with van der Waals surface area (Å²) in [4.78, 5) is 14.0. The Hall–Kier alpha value is -1.32. The first kappa shape index (κ1) is 6.80. The number of hydrogen-bond acceptors (Lipinski definition) is 3. The lowest BCUT2D eigenvalue weighted by atomic mass is 10.4. The van der Waals surface area contributed by atoms with E-state index in [1.165, 1.54) is 0 Å². The number of hydrogen-bond donors (Lipinski definition) is 0. The Kier molecular flexibility index (Phi) is 1.45. The maximum atomic E-state index is 10.7. The monoisotopic (exact) mass is 139 g/mol. The second-order valence-electron chi connectivity index (χ2n) is 2.12. The van der Waals surface area contributed by atoms with Crippen molar-refractivity contribution in [3.8, 4) is 0 Å². The molecule has 0 atom stereocenters. The number of rotatable bonds is 0. The van der Waals surface area contributed by atoms with Crippen LogP contribution in [0.15, 0.2) is 10.9 Å². The molecule has 1 rings (SSSR count). The molecule has 1 aromatic rings. The van der Waals surface area contributed by atoms with Gasteiger partial charge in [-0.1, -0.05) is 0 Å². The molecule has 0 N–H and O–H groups in total. The van der Waals surface area contributed by atoms with Crippen LogP contribution in [0.1, 0.15) is 11.4 Å². The predicted molar refractivity (Wildman–Crippen MR) is 36.7 cm³/mol. The number of aromatic nitrogens is 2. The van der Waals surface area contributed by atoms with E-state index in [4.69, 9.17) is 0 Å². The van der Waals surface area contributed by atoms with Crippen LogP contribution in [0.2, 0.25) is 0 Å². The summed E-state index contributed by atoms with van der Waals surface area (Å²) < 4.78 is 0.271. The fraction of sp³-hybridized carbons (Fsp3) is 0.333. The molecule has 1 aromatic heterocycles. The second kappa shape index (κ2) is 2.13. The molecule has 0 saturated carbocycles. The molecule has 0 fully saturated rings. The molecule has 0 aliphatic rings. The fourth-order valence-electron chi connectivity index (χ4n) is 0.740. The molecule has 0 amide bonds. The van der Waals surface area contributed by atoms with Gasteiger partial charge in [0.25, 0.3) is 0 Å². The highest BCUT2D eigenvalue weighted by Crippen LogP contribution is 1.92. The van der Waals surface area contributed by atoms with Gasteiger partial charge in [0.1, 0.15) is 0 Å².